The van der Waals surface area contributed by atoms with Gasteiger partial charge in [0.2, 0.25) is 11.8 Å². The van der Waals surface area contributed by atoms with E-state index in [0.717, 1.165) is 5.76 Å². The Morgan fingerprint density at radius 1 is 1.29 bits per heavy atom. The standard InChI is InChI=1S/C14H24N4O3/c1-10-4-5-11(21-10)9-18(7-6-17(2)3)14(20)12(15)8-13(16)19/h4-5,12H,6-9,15H2,1-3H3,(H2,16,19). The van der Waals surface area contributed by atoms with E-state index in [1.807, 2.05) is 38.1 Å². The minimum atomic E-state index is -0.916. The Labute approximate surface area is 124 Å². The van der Waals surface area contributed by atoms with Crippen molar-refractivity contribution in [2.24, 2.45) is 11.5 Å². The summed E-state index contributed by atoms with van der Waals surface area (Å²) in [7, 11) is 3.84. The van der Waals surface area contributed by atoms with E-state index in [0.29, 0.717) is 25.4 Å². The van der Waals surface area contributed by atoms with E-state index >= 15 is 0 Å². The third kappa shape index (κ3) is 5.97. The van der Waals surface area contributed by atoms with Crippen LogP contribution in [0.3, 0.4) is 0 Å². The Hall–Kier alpha value is -1.86. The third-order valence-corrected chi connectivity index (χ3v) is 3.01. The highest BCUT2D eigenvalue weighted by Gasteiger charge is 2.23. The quantitative estimate of drug-likeness (QED) is 0.684. The zero-order valence-electron chi connectivity index (χ0n) is 12.8. The molecular weight excluding hydrogens is 272 g/mol. The summed E-state index contributed by atoms with van der Waals surface area (Å²) >= 11 is 0. The molecule has 1 unspecified atom stereocenters. The summed E-state index contributed by atoms with van der Waals surface area (Å²) in [5.41, 5.74) is 10.8. The van der Waals surface area contributed by atoms with E-state index in [1.165, 1.54) is 0 Å². The molecule has 0 fully saturated rings. The van der Waals surface area contributed by atoms with Crippen LogP contribution < -0.4 is 11.5 Å². The monoisotopic (exact) mass is 296 g/mol. The van der Waals surface area contributed by atoms with E-state index in [4.69, 9.17) is 15.9 Å². The number of hydrogen-bond donors (Lipinski definition) is 2. The number of amides is 2. The zero-order chi connectivity index (χ0) is 16.0. The summed E-state index contributed by atoms with van der Waals surface area (Å²) in [5, 5.41) is 0. The molecule has 2 amide bonds. The van der Waals surface area contributed by atoms with E-state index < -0.39 is 11.9 Å². The molecule has 0 spiro atoms. The first-order chi connectivity index (χ1) is 9.79. The van der Waals surface area contributed by atoms with Gasteiger partial charge >= 0.3 is 0 Å². The van der Waals surface area contributed by atoms with E-state index in [2.05, 4.69) is 0 Å². The maximum atomic E-state index is 12.3. The summed E-state index contributed by atoms with van der Waals surface area (Å²) in [6.45, 7) is 3.36. The van der Waals surface area contributed by atoms with Crippen LogP contribution in [0.2, 0.25) is 0 Å². The van der Waals surface area contributed by atoms with Crippen LogP contribution in [0.25, 0.3) is 0 Å². The molecule has 7 heteroatoms. The number of aryl methyl sites for hydroxylation is 1. The molecule has 7 nitrogen and oxygen atoms in total. The molecule has 0 bridgehead atoms. The molecule has 0 aliphatic carbocycles. The normalized spacial score (nSPS) is 12.4. The predicted molar refractivity (Wildman–Crippen MR) is 79.2 cm³/mol. The largest absolute Gasteiger partial charge is 0.464 e. The zero-order valence-corrected chi connectivity index (χ0v) is 12.8. The summed E-state index contributed by atoms with van der Waals surface area (Å²) in [5.74, 6) is 0.583. The maximum Gasteiger partial charge on any atom is 0.240 e. The molecule has 21 heavy (non-hydrogen) atoms. The van der Waals surface area contributed by atoms with E-state index in [9.17, 15) is 9.59 Å². The lowest BCUT2D eigenvalue weighted by molar-refractivity contribution is -0.135. The van der Waals surface area contributed by atoms with Crippen molar-refractivity contribution in [2.45, 2.75) is 25.9 Å². The Morgan fingerprint density at radius 2 is 1.95 bits per heavy atom. The molecule has 1 aromatic rings. The number of nitrogens with two attached hydrogens (primary N) is 2. The van der Waals surface area contributed by atoms with Gasteiger partial charge in [-0.1, -0.05) is 0 Å². The van der Waals surface area contributed by atoms with E-state index in [-0.39, 0.29) is 12.3 Å². The van der Waals surface area contributed by atoms with Gasteiger partial charge in [0.05, 0.1) is 19.0 Å². The summed E-state index contributed by atoms with van der Waals surface area (Å²) in [4.78, 5) is 26.8. The van der Waals surface area contributed by atoms with Gasteiger partial charge < -0.3 is 25.7 Å². The van der Waals surface area contributed by atoms with Crippen molar-refractivity contribution in [3.8, 4) is 0 Å². The first-order valence-electron chi connectivity index (χ1n) is 6.82. The minimum Gasteiger partial charge on any atom is -0.464 e. The number of likely N-dealkylation sites (N-methyl/N-ethyl adjacent to an activating group) is 1. The lowest BCUT2D eigenvalue weighted by Gasteiger charge is -2.26. The first-order valence-corrected chi connectivity index (χ1v) is 6.82. The van der Waals surface area contributed by atoms with Crippen LogP contribution in [0.15, 0.2) is 16.5 Å². The van der Waals surface area contributed by atoms with Crippen molar-refractivity contribution in [1.29, 1.82) is 0 Å². The molecule has 0 saturated heterocycles. The van der Waals surface area contributed by atoms with Crippen molar-refractivity contribution in [1.82, 2.24) is 9.80 Å². The van der Waals surface area contributed by atoms with Gasteiger partial charge in [-0.2, -0.15) is 0 Å². The Balaban J connectivity index is 2.75. The third-order valence-electron chi connectivity index (χ3n) is 3.01. The van der Waals surface area contributed by atoms with Gasteiger partial charge in [-0.05, 0) is 33.2 Å². The number of furan rings is 1. The Morgan fingerprint density at radius 3 is 2.43 bits per heavy atom. The Bertz CT molecular complexity index is 484. The van der Waals surface area contributed by atoms with Crippen LogP contribution in [0.1, 0.15) is 17.9 Å². The SMILES string of the molecule is Cc1ccc(CN(CCN(C)C)C(=O)C(N)CC(N)=O)o1. The summed E-state index contributed by atoms with van der Waals surface area (Å²) in [6.07, 6.45) is -0.158. The van der Waals surface area contributed by atoms with Gasteiger partial charge in [-0.15, -0.1) is 0 Å². The fourth-order valence-electron chi connectivity index (χ4n) is 1.88. The van der Waals surface area contributed by atoms with Crippen molar-refractivity contribution in [3.63, 3.8) is 0 Å². The number of rotatable bonds is 8. The van der Waals surface area contributed by atoms with Gasteiger partial charge in [0.25, 0.3) is 0 Å². The second-order valence-electron chi connectivity index (χ2n) is 5.35. The average molecular weight is 296 g/mol. The summed E-state index contributed by atoms with van der Waals surface area (Å²) < 4.78 is 5.49. The highest BCUT2D eigenvalue weighted by molar-refractivity contribution is 5.87. The second-order valence-corrected chi connectivity index (χ2v) is 5.35. The van der Waals surface area contributed by atoms with Crippen LogP contribution in [0.4, 0.5) is 0 Å². The molecule has 0 aliphatic rings. The van der Waals surface area contributed by atoms with Gasteiger partial charge in [-0.3, -0.25) is 9.59 Å². The lowest BCUT2D eigenvalue weighted by Crippen LogP contribution is -2.47. The molecule has 0 radical (unpaired) electrons. The van der Waals surface area contributed by atoms with Crippen LogP contribution in [0.5, 0.6) is 0 Å². The van der Waals surface area contributed by atoms with Crippen LogP contribution in [0, 0.1) is 6.92 Å². The van der Waals surface area contributed by atoms with Crippen molar-refractivity contribution in [2.75, 3.05) is 27.2 Å². The van der Waals surface area contributed by atoms with Gasteiger partial charge in [0, 0.05) is 13.1 Å². The van der Waals surface area contributed by atoms with Crippen LogP contribution in [-0.2, 0) is 16.1 Å². The molecule has 1 heterocycles. The van der Waals surface area contributed by atoms with Crippen LogP contribution >= 0.6 is 0 Å². The molecule has 1 atom stereocenters. The molecule has 0 aliphatic heterocycles. The van der Waals surface area contributed by atoms with Crippen LogP contribution in [-0.4, -0.2) is 54.8 Å². The van der Waals surface area contributed by atoms with Gasteiger partial charge in [0.1, 0.15) is 11.5 Å². The lowest BCUT2D eigenvalue weighted by atomic mass is 10.2. The molecule has 0 aromatic carbocycles. The predicted octanol–water partition coefficient (Wildman–Crippen LogP) is -0.319. The first kappa shape index (κ1) is 17.2. The Kier molecular flexibility index (Phi) is 6.39. The fraction of sp³-hybridized carbons (Fsp3) is 0.571. The molecule has 1 aromatic heterocycles. The molecule has 118 valence electrons. The van der Waals surface area contributed by atoms with Crippen molar-refractivity contribution in [3.05, 3.63) is 23.7 Å². The second kappa shape index (κ2) is 7.80. The fourth-order valence-corrected chi connectivity index (χ4v) is 1.88. The summed E-state index contributed by atoms with van der Waals surface area (Å²) in [6, 6.07) is 2.75. The highest BCUT2D eigenvalue weighted by atomic mass is 16.3. The highest BCUT2D eigenvalue weighted by Crippen LogP contribution is 2.11. The maximum absolute atomic E-state index is 12.3. The number of primary amides is 1. The molecular formula is C14H24N4O3. The number of nitrogens with zero attached hydrogens (tertiary/aromatic N) is 2. The molecule has 0 saturated carbocycles. The number of hydrogen-bond acceptors (Lipinski definition) is 5. The van der Waals surface area contributed by atoms with E-state index in [1.54, 1.807) is 4.90 Å². The van der Waals surface area contributed by atoms with Crippen molar-refractivity contribution >= 4 is 11.8 Å². The number of carbonyl (C=O) groups is 2. The van der Waals surface area contributed by atoms with Crippen molar-refractivity contribution < 1.29 is 14.0 Å². The average Bonchev–Trinajstić information content (AvgIpc) is 2.78. The minimum absolute atomic E-state index is 0.158. The molecule has 4 N–H and O–H groups in total. The van der Waals surface area contributed by atoms with Gasteiger partial charge in [0.15, 0.2) is 0 Å². The number of carbonyl (C=O) groups excluding carboxylic acids is 2. The topological polar surface area (TPSA) is 106 Å². The molecule has 1 rings (SSSR count). The smallest absolute Gasteiger partial charge is 0.240 e. The van der Waals surface area contributed by atoms with Gasteiger partial charge in [-0.25, -0.2) is 0 Å².